The van der Waals surface area contributed by atoms with Gasteiger partial charge in [0.15, 0.2) is 6.61 Å². The Morgan fingerprint density at radius 2 is 1.62 bits per heavy atom. The van der Waals surface area contributed by atoms with Crippen molar-refractivity contribution in [3.05, 3.63) is 34.9 Å². The van der Waals surface area contributed by atoms with Crippen molar-refractivity contribution in [2.24, 2.45) is 0 Å². The molecule has 0 N–H and O–H groups in total. The molecule has 0 aliphatic carbocycles. The highest BCUT2D eigenvalue weighted by Crippen LogP contribution is 2.37. The zero-order chi connectivity index (χ0) is 16.4. The molecule has 21 heavy (non-hydrogen) atoms. The number of benzene rings is 1. The lowest BCUT2D eigenvalue weighted by Gasteiger charge is -2.15. The lowest BCUT2D eigenvalue weighted by molar-refractivity contribution is -0.143. The van der Waals surface area contributed by atoms with Gasteiger partial charge in [0.2, 0.25) is 5.78 Å². The minimum atomic E-state index is -5.15. The maximum atomic E-state index is 12.7. The predicted octanol–water partition coefficient (Wildman–Crippen LogP) is 3.47. The van der Waals surface area contributed by atoms with E-state index in [1.165, 1.54) is 0 Å². The highest BCUT2D eigenvalue weighted by atomic mass is 19.4. The van der Waals surface area contributed by atoms with E-state index in [0.717, 1.165) is 6.92 Å². The monoisotopic (exact) mass is 314 g/mol. The summed E-state index contributed by atoms with van der Waals surface area (Å²) in [7, 11) is 0. The van der Waals surface area contributed by atoms with Gasteiger partial charge < -0.3 is 4.74 Å². The third-order valence-corrected chi connectivity index (χ3v) is 2.36. The fourth-order valence-electron chi connectivity index (χ4n) is 1.44. The molecule has 0 amide bonds. The lowest BCUT2D eigenvalue weighted by atomic mass is 10.00. The van der Waals surface area contributed by atoms with Crippen LogP contribution in [0.25, 0.3) is 0 Å². The third kappa shape index (κ3) is 4.47. The van der Waals surface area contributed by atoms with Gasteiger partial charge >= 0.3 is 18.3 Å². The van der Waals surface area contributed by atoms with Gasteiger partial charge in [-0.2, -0.15) is 26.3 Å². The summed E-state index contributed by atoms with van der Waals surface area (Å²) >= 11 is 0. The van der Waals surface area contributed by atoms with Crippen molar-refractivity contribution < 1.29 is 40.7 Å². The van der Waals surface area contributed by atoms with E-state index in [4.69, 9.17) is 0 Å². The SMILES string of the molecule is CC(=O)OCC(=O)c1ccc(C(F)(F)F)cc1C(F)(F)F. The lowest BCUT2D eigenvalue weighted by Crippen LogP contribution is -2.19. The highest BCUT2D eigenvalue weighted by Gasteiger charge is 2.39. The molecule has 0 spiro atoms. The molecular weight excluding hydrogens is 306 g/mol. The van der Waals surface area contributed by atoms with Crippen LogP contribution in [-0.4, -0.2) is 18.4 Å². The summed E-state index contributed by atoms with van der Waals surface area (Å²) in [4.78, 5) is 22.0. The molecule has 0 unspecified atom stereocenters. The minimum absolute atomic E-state index is 0.152. The Hall–Kier alpha value is -2.06. The van der Waals surface area contributed by atoms with E-state index in [2.05, 4.69) is 4.74 Å². The van der Waals surface area contributed by atoms with E-state index in [1.807, 2.05) is 0 Å². The molecule has 0 aromatic heterocycles. The van der Waals surface area contributed by atoms with Gasteiger partial charge in [0.25, 0.3) is 0 Å². The third-order valence-electron chi connectivity index (χ3n) is 2.36. The van der Waals surface area contributed by atoms with Crippen molar-refractivity contribution in [1.29, 1.82) is 0 Å². The Labute approximate surface area is 114 Å². The van der Waals surface area contributed by atoms with Crippen molar-refractivity contribution in [2.45, 2.75) is 19.3 Å². The number of ketones is 1. The molecule has 0 saturated carbocycles. The summed E-state index contributed by atoms with van der Waals surface area (Å²) in [6.07, 6.45) is -10.1. The first-order valence-electron chi connectivity index (χ1n) is 5.38. The van der Waals surface area contributed by atoms with Crippen LogP contribution in [0.4, 0.5) is 26.3 Å². The number of rotatable bonds is 3. The molecule has 1 aromatic rings. The second-order valence-corrected chi connectivity index (χ2v) is 3.96. The van der Waals surface area contributed by atoms with Crippen LogP contribution in [0.1, 0.15) is 28.4 Å². The fraction of sp³-hybridized carbons (Fsp3) is 0.333. The van der Waals surface area contributed by atoms with E-state index < -0.39 is 47.4 Å². The number of ether oxygens (including phenoxy) is 1. The maximum Gasteiger partial charge on any atom is 0.417 e. The molecule has 0 aliphatic heterocycles. The molecule has 116 valence electrons. The van der Waals surface area contributed by atoms with Crippen molar-refractivity contribution >= 4 is 11.8 Å². The Kier molecular flexibility index (Phi) is 4.65. The summed E-state index contributed by atoms with van der Waals surface area (Å²) < 4.78 is 79.8. The smallest absolute Gasteiger partial charge is 0.417 e. The van der Waals surface area contributed by atoms with Crippen LogP contribution in [0.15, 0.2) is 18.2 Å². The second-order valence-electron chi connectivity index (χ2n) is 3.96. The molecule has 3 nitrogen and oxygen atoms in total. The van der Waals surface area contributed by atoms with E-state index >= 15 is 0 Å². The van der Waals surface area contributed by atoms with Crippen molar-refractivity contribution in [1.82, 2.24) is 0 Å². The average Bonchev–Trinajstić information content (AvgIpc) is 2.33. The zero-order valence-corrected chi connectivity index (χ0v) is 10.4. The summed E-state index contributed by atoms with van der Waals surface area (Å²) in [6.45, 7) is -0.0471. The number of esters is 1. The van der Waals surface area contributed by atoms with E-state index in [9.17, 15) is 35.9 Å². The largest absolute Gasteiger partial charge is 0.457 e. The van der Waals surface area contributed by atoms with Crippen LogP contribution in [0.2, 0.25) is 0 Å². The topological polar surface area (TPSA) is 43.4 Å². The van der Waals surface area contributed by atoms with Crippen molar-refractivity contribution in [3.63, 3.8) is 0 Å². The Balaban J connectivity index is 3.26. The van der Waals surface area contributed by atoms with Crippen LogP contribution in [0, 0.1) is 0 Å². The Bertz CT molecular complexity index is 559. The first-order valence-corrected chi connectivity index (χ1v) is 5.38. The Morgan fingerprint density at radius 3 is 2.05 bits per heavy atom. The fourth-order valence-corrected chi connectivity index (χ4v) is 1.44. The summed E-state index contributed by atoms with van der Waals surface area (Å²) in [5.74, 6) is -2.14. The number of halogens is 6. The average molecular weight is 314 g/mol. The minimum Gasteiger partial charge on any atom is -0.457 e. The van der Waals surface area contributed by atoms with Crippen LogP contribution in [0.5, 0.6) is 0 Å². The number of hydrogen-bond donors (Lipinski definition) is 0. The van der Waals surface area contributed by atoms with E-state index in [0.29, 0.717) is 12.1 Å². The maximum absolute atomic E-state index is 12.7. The van der Waals surface area contributed by atoms with E-state index in [1.54, 1.807) is 0 Å². The normalized spacial score (nSPS) is 12.1. The molecule has 0 saturated heterocycles. The summed E-state index contributed by atoms with van der Waals surface area (Å²) in [6, 6.07) is 0.620. The first kappa shape index (κ1) is 17.0. The number of Topliss-reactive ketones (excluding diaryl/α,β-unsaturated/α-hetero) is 1. The number of carbonyl (C=O) groups excluding carboxylic acids is 2. The molecule has 0 fully saturated rings. The molecule has 0 radical (unpaired) electrons. The first-order chi connectivity index (χ1) is 9.43. The van der Waals surface area contributed by atoms with Crippen molar-refractivity contribution in [2.75, 3.05) is 6.61 Å². The van der Waals surface area contributed by atoms with Crippen LogP contribution in [0.3, 0.4) is 0 Å². The van der Waals surface area contributed by atoms with Crippen LogP contribution in [-0.2, 0) is 21.9 Å². The number of alkyl halides is 6. The zero-order valence-electron chi connectivity index (χ0n) is 10.4. The number of hydrogen-bond acceptors (Lipinski definition) is 3. The van der Waals surface area contributed by atoms with Gasteiger partial charge in [-0.3, -0.25) is 9.59 Å². The molecular formula is C12H8F6O3. The van der Waals surface area contributed by atoms with Gasteiger partial charge in [-0.15, -0.1) is 0 Å². The second kappa shape index (κ2) is 5.74. The highest BCUT2D eigenvalue weighted by molar-refractivity contribution is 5.99. The van der Waals surface area contributed by atoms with Gasteiger partial charge in [0.05, 0.1) is 11.1 Å². The molecule has 1 aromatic carbocycles. The quantitative estimate of drug-likeness (QED) is 0.487. The molecule has 0 atom stereocenters. The van der Waals surface area contributed by atoms with Crippen molar-refractivity contribution in [3.8, 4) is 0 Å². The standard InChI is InChI=1S/C12H8F6O3/c1-6(19)21-5-10(20)8-3-2-7(11(13,14)15)4-9(8)12(16,17)18/h2-4H,5H2,1H3. The van der Waals surface area contributed by atoms with Gasteiger partial charge in [-0.1, -0.05) is 6.07 Å². The Morgan fingerprint density at radius 1 is 1.05 bits per heavy atom. The molecule has 0 heterocycles. The molecule has 0 aliphatic rings. The molecule has 0 bridgehead atoms. The predicted molar refractivity (Wildman–Crippen MR) is 57.4 cm³/mol. The van der Waals surface area contributed by atoms with Gasteiger partial charge in [0, 0.05) is 12.5 Å². The van der Waals surface area contributed by atoms with Crippen LogP contribution < -0.4 is 0 Å². The van der Waals surface area contributed by atoms with Gasteiger partial charge in [-0.05, 0) is 12.1 Å². The molecule has 1 rings (SSSR count). The van der Waals surface area contributed by atoms with Gasteiger partial charge in [0.1, 0.15) is 0 Å². The van der Waals surface area contributed by atoms with Gasteiger partial charge in [-0.25, -0.2) is 0 Å². The number of carbonyl (C=O) groups is 2. The van der Waals surface area contributed by atoms with E-state index in [-0.39, 0.29) is 6.07 Å². The molecule has 9 heteroatoms. The summed E-state index contributed by atoms with van der Waals surface area (Å²) in [5.41, 5.74) is -4.25. The summed E-state index contributed by atoms with van der Waals surface area (Å²) in [5, 5.41) is 0. The van der Waals surface area contributed by atoms with Crippen LogP contribution >= 0.6 is 0 Å².